The summed E-state index contributed by atoms with van der Waals surface area (Å²) >= 11 is 1.47. The lowest BCUT2D eigenvalue weighted by atomic mass is 10.0. The number of phenolic OH excluding ortho intramolecular Hbond substituents is 2. The molecule has 116 valence electrons. The van der Waals surface area contributed by atoms with Crippen molar-refractivity contribution >= 4 is 22.7 Å². The Bertz CT molecular complexity index is 1030. The van der Waals surface area contributed by atoms with Crippen molar-refractivity contribution in [3.63, 3.8) is 0 Å². The van der Waals surface area contributed by atoms with Crippen LogP contribution in [0.1, 0.15) is 22.3 Å². The number of hydrogen-bond donors (Lipinski definition) is 2. The second-order valence-corrected chi connectivity index (χ2v) is 6.92. The Kier molecular flexibility index (Phi) is 2.96. The SMILES string of the molecule is Cc1cc(O)c2c(c1)Sc1c(c(=O)oc3cc(O)cc(C)c13)C2. The van der Waals surface area contributed by atoms with Crippen LogP contribution in [0.15, 0.2) is 43.3 Å². The number of rotatable bonds is 0. The summed E-state index contributed by atoms with van der Waals surface area (Å²) in [5.74, 6) is 0.285. The Morgan fingerprint density at radius 1 is 1.09 bits per heavy atom. The van der Waals surface area contributed by atoms with Crippen LogP contribution in [0.25, 0.3) is 11.0 Å². The van der Waals surface area contributed by atoms with Gasteiger partial charge in [-0.05, 0) is 43.2 Å². The molecule has 3 aromatic rings. The van der Waals surface area contributed by atoms with E-state index in [-0.39, 0.29) is 11.5 Å². The number of hydrogen-bond acceptors (Lipinski definition) is 5. The van der Waals surface area contributed by atoms with Gasteiger partial charge in [-0.1, -0.05) is 11.8 Å². The third kappa shape index (κ3) is 2.11. The molecule has 0 atom stereocenters. The van der Waals surface area contributed by atoms with Crippen LogP contribution in [0.4, 0.5) is 0 Å². The van der Waals surface area contributed by atoms with Crippen molar-refractivity contribution in [1.29, 1.82) is 0 Å². The van der Waals surface area contributed by atoms with Gasteiger partial charge in [-0.15, -0.1) is 0 Å². The molecular formula is C18H14O4S. The van der Waals surface area contributed by atoms with Gasteiger partial charge in [0.1, 0.15) is 17.1 Å². The molecule has 4 nitrogen and oxygen atoms in total. The Morgan fingerprint density at radius 3 is 2.65 bits per heavy atom. The number of phenols is 2. The fraction of sp³-hybridized carbons (Fsp3) is 0.167. The number of fused-ring (bicyclic) bond motifs is 4. The van der Waals surface area contributed by atoms with Gasteiger partial charge in [0.25, 0.3) is 0 Å². The molecular weight excluding hydrogens is 312 g/mol. The topological polar surface area (TPSA) is 70.7 Å². The van der Waals surface area contributed by atoms with Gasteiger partial charge in [-0.3, -0.25) is 0 Å². The summed E-state index contributed by atoms with van der Waals surface area (Å²) < 4.78 is 5.39. The van der Waals surface area contributed by atoms with Crippen LogP contribution in [0, 0.1) is 13.8 Å². The zero-order valence-corrected chi connectivity index (χ0v) is 13.5. The summed E-state index contributed by atoms with van der Waals surface area (Å²) in [5.41, 5.74) is 3.11. The molecule has 2 N–H and O–H groups in total. The third-order valence-corrected chi connectivity index (χ3v) is 5.37. The number of aryl methyl sites for hydroxylation is 2. The molecule has 23 heavy (non-hydrogen) atoms. The van der Waals surface area contributed by atoms with Crippen molar-refractivity contribution < 1.29 is 14.6 Å². The predicted octanol–water partition coefficient (Wildman–Crippen LogP) is 3.88. The molecule has 0 spiro atoms. The van der Waals surface area contributed by atoms with Crippen LogP contribution in [-0.4, -0.2) is 10.2 Å². The van der Waals surface area contributed by atoms with Gasteiger partial charge in [0.2, 0.25) is 0 Å². The van der Waals surface area contributed by atoms with Gasteiger partial charge in [-0.2, -0.15) is 0 Å². The molecule has 2 heterocycles. The molecule has 1 aromatic heterocycles. The first-order valence-corrected chi connectivity index (χ1v) is 8.05. The molecule has 1 aliphatic rings. The Morgan fingerprint density at radius 2 is 1.87 bits per heavy atom. The van der Waals surface area contributed by atoms with E-state index in [0.717, 1.165) is 31.9 Å². The minimum atomic E-state index is -0.421. The maximum absolute atomic E-state index is 12.3. The Hall–Kier alpha value is -2.40. The highest BCUT2D eigenvalue weighted by molar-refractivity contribution is 7.99. The average molecular weight is 326 g/mol. The first kappa shape index (κ1) is 14.2. The van der Waals surface area contributed by atoms with Crippen molar-refractivity contribution in [2.75, 3.05) is 0 Å². The van der Waals surface area contributed by atoms with Crippen LogP contribution in [0.2, 0.25) is 0 Å². The van der Waals surface area contributed by atoms with Crippen molar-refractivity contribution in [3.8, 4) is 11.5 Å². The maximum atomic E-state index is 12.3. The summed E-state index contributed by atoms with van der Waals surface area (Å²) in [6, 6.07) is 6.84. The zero-order valence-electron chi connectivity index (χ0n) is 12.6. The van der Waals surface area contributed by atoms with E-state index in [1.807, 2.05) is 19.9 Å². The van der Waals surface area contributed by atoms with Crippen LogP contribution in [-0.2, 0) is 6.42 Å². The van der Waals surface area contributed by atoms with Crippen molar-refractivity contribution in [2.24, 2.45) is 0 Å². The molecule has 0 saturated carbocycles. The highest BCUT2D eigenvalue weighted by Gasteiger charge is 2.26. The largest absolute Gasteiger partial charge is 0.508 e. The van der Waals surface area contributed by atoms with E-state index in [2.05, 4.69) is 0 Å². The molecule has 1 aliphatic heterocycles. The fourth-order valence-corrected chi connectivity index (χ4v) is 4.51. The van der Waals surface area contributed by atoms with E-state index in [1.165, 1.54) is 17.8 Å². The molecule has 5 heteroatoms. The highest BCUT2D eigenvalue weighted by Crippen LogP contribution is 2.46. The first-order chi connectivity index (χ1) is 10.9. The molecule has 0 radical (unpaired) electrons. The molecule has 0 aliphatic carbocycles. The van der Waals surface area contributed by atoms with Crippen LogP contribution >= 0.6 is 11.8 Å². The van der Waals surface area contributed by atoms with Crippen LogP contribution in [0.5, 0.6) is 11.5 Å². The third-order valence-electron chi connectivity index (χ3n) is 4.13. The second kappa shape index (κ2) is 4.80. The van der Waals surface area contributed by atoms with Crippen molar-refractivity contribution in [3.05, 3.63) is 56.9 Å². The smallest absolute Gasteiger partial charge is 0.340 e. The molecule has 0 amide bonds. The van der Waals surface area contributed by atoms with E-state index in [4.69, 9.17) is 4.42 Å². The molecule has 2 aromatic carbocycles. The molecule has 0 fully saturated rings. The number of benzene rings is 2. The van der Waals surface area contributed by atoms with Gasteiger partial charge in [-0.25, -0.2) is 4.79 Å². The highest BCUT2D eigenvalue weighted by atomic mass is 32.2. The molecule has 0 bridgehead atoms. The van der Waals surface area contributed by atoms with Crippen LogP contribution in [0.3, 0.4) is 0 Å². The first-order valence-electron chi connectivity index (χ1n) is 7.23. The standard InChI is InChI=1S/C18H14O4S/c1-8-3-13(20)11-7-12-17(23-15(11)4-8)16-9(2)5-10(19)6-14(16)22-18(12)21/h3-6,19-20H,7H2,1-2H3. The lowest BCUT2D eigenvalue weighted by molar-refractivity contribution is 0.465. The maximum Gasteiger partial charge on any atom is 0.340 e. The van der Waals surface area contributed by atoms with Gasteiger partial charge in [0, 0.05) is 33.2 Å². The summed E-state index contributed by atoms with van der Waals surface area (Å²) in [6.45, 7) is 3.81. The summed E-state index contributed by atoms with van der Waals surface area (Å²) in [6.07, 6.45) is 0.350. The van der Waals surface area contributed by atoms with Crippen LogP contribution < -0.4 is 5.63 Å². The average Bonchev–Trinajstić information content (AvgIpc) is 2.44. The van der Waals surface area contributed by atoms with Crippen molar-refractivity contribution in [2.45, 2.75) is 30.1 Å². The fourth-order valence-electron chi connectivity index (χ4n) is 3.10. The Balaban J connectivity index is 2.06. The van der Waals surface area contributed by atoms with E-state index in [1.54, 1.807) is 12.1 Å². The van der Waals surface area contributed by atoms with E-state index in [0.29, 0.717) is 17.6 Å². The van der Waals surface area contributed by atoms with E-state index >= 15 is 0 Å². The van der Waals surface area contributed by atoms with Gasteiger partial charge in [0.15, 0.2) is 0 Å². The summed E-state index contributed by atoms with van der Waals surface area (Å²) in [4.78, 5) is 14.2. The predicted molar refractivity (Wildman–Crippen MR) is 88.7 cm³/mol. The quantitative estimate of drug-likeness (QED) is 0.480. The van der Waals surface area contributed by atoms with Gasteiger partial charge in [0.05, 0.1) is 5.56 Å². The monoisotopic (exact) mass is 326 g/mol. The minimum Gasteiger partial charge on any atom is -0.508 e. The van der Waals surface area contributed by atoms with E-state index < -0.39 is 5.63 Å². The van der Waals surface area contributed by atoms with Crippen molar-refractivity contribution in [1.82, 2.24) is 0 Å². The molecule has 0 saturated heterocycles. The zero-order chi connectivity index (χ0) is 16.3. The molecule has 0 unspecified atom stereocenters. The minimum absolute atomic E-state index is 0.0767. The Labute approximate surface area is 136 Å². The van der Waals surface area contributed by atoms with E-state index in [9.17, 15) is 15.0 Å². The van der Waals surface area contributed by atoms with Gasteiger partial charge >= 0.3 is 5.63 Å². The lowest BCUT2D eigenvalue weighted by Crippen LogP contribution is -2.14. The summed E-state index contributed by atoms with van der Waals surface area (Å²) in [7, 11) is 0. The summed E-state index contributed by atoms with van der Waals surface area (Å²) in [5, 5.41) is 20.8. The normalized spacial score (nSPS) is 13.0. The second-order valence-electron chi connectivity index (χ2n) is 5.87. The lowest BCUT2D eigenvalue weighted by Gasteiger charge is -2.21. The molecule has 4 rings (SSSR count). The van der Waals surface area contributed by atoms with Gasteiger partial charge < -0.3 is 14.6 Å². The number of aromatic hydroxyl groups is 2.